The second-order valence-electron chi connectivity index (χ2n) is 14.3. The van der Waals surface area contributed by atoms with Crippen LogP contribution in [0.4, 0.5) is 0 Å². The summed E-state index contributed by atoms with van der Waals surface area (Å²) < 4.78 is 17.0. The van der Waals surface area contributed by atoms with Crippen molar-refractivity contribution in [2.45, 2.75) is 0 Å². The van der Waals surface area contributed by atoms with E-state index in [4.69, 9.17) is 8.83 Å². The van der Waals surface area contributed by atoms with Crippen molar-refractivity contribution < 1.29 is 8.83 Å². The van der Waals surface area contributed by atoms with E-state index in [1.165, 1.54) is 0 Å². The molecule has 0 atom stereocenters. The molecule has 0 N–H and O–H groups in total. The van der Waals surface area contributed by atoms with Crippen molar-refractivity contribution in [1.82, 2.24) is 9.13 Å². The first-order valence-electron chi connectivity index (χ1n) is 18.5. The molecular formula is C50H26N4O2. The van der Waals surface area contributed by atoms with Gasteiger partial charge < -0.3 is 18.0 Å². The monoisotopic (exact) mass is 714 g/mol. The molecule has 6 nitrogen and oxygen atoms in total. The van der Waals surface area contributed by atoms with Gasteiger partial charge in [-0.15, -0.1) is 0 Å². The molecule has 0 aliphatic carbocycles. The first-order valence-corrected chi connectivity index (χ1v) is 18.5. The summed E-state index contributed by atoms with van der Waals surface area (Å²) in [5, 5.41) is 30.0. The molecule has 6 heteroatoms. The lowest BCUT2D eigenvalue weighted by Crippen LogP contribution is -1.98. The number of benzene rings is 8. The van der Waals surface area contributed by atoms with Gasteiger partial charge in [0.2, 0.25) is 0 Å². The van der Waals surface area contributed by atoms with Crippen molar-refractivity contribution in [3.05, 3.63) is 169 Å². The zero-order valence-corrected chi connectivity index (χ0v) is 29.6. The molecule has 0 unspecified atom stereocenters. The Morgan fingerprint density at radius 2 is 0.768 bits per heavy atom. The van der Waals surface area contributed by atoms with E-state index in [0.717, 1.165) is 98.9 Å². The second-order valence-corrected chi connectivity index (χ2v) is 14.3. The molecular weight excluding hydrogens is 689 g/mol. The first-order chi connectivity index (χ1) is 27.7. The molecule has 0 saturated carbocycles. The Kier molecular flexibility index (Phi) is 6.10. The summed E-state index contributed by atoms with van der Waals surface area (Å²) >= 11 is 0. The van der Waals surface area contributed by atoms with Gasteiger partial charge in [0, 0.05) is 65.6 Å². The largest absolute Gasteiger partial charge is 0.456 e. The summed E-state index contributed by atoms with van der Waals surface area (Å²) in [5.41, 5.74) is 11.6. The quantitative estimate of drug-likeness (QED) is 0.182. The van der Waals surface area contributed by atoms with Gasteiger partial charge in [-0.05, 0) is 72.8 Å². The maximum atomic E-state index is 10.6. The molecule has 4 aromatic heterocycles. The number of hydrogen-bond acceptors (Lipinski definition) is 4. The molecule has 12 rings (SSSR count). The Morgan fingerprint density at radius 3 is 1.21 bits per heavy atom. The Hall–Kier alpha value is -8.06. The summed E-state index contributed by atoms with van der Waals surface area (Å²) in [6, 6.07) is 58.1. The molecule has 0 radical (unpaired) electrons. The van der Waals surface area contributed by atoms with Gasteiger partial charge in [-0.3, -0.25) is 0 Å². The van der Waals surface area contributed by atoms with E-state index < -0.39 is 0 Å². The smallest absolute Gasteiger partial charge is 0.136 e. The van der Waals surface area contributed by atoms with Crippen LogP contribution < -0.4 is 0 Å². The van der Waals surface area contributed by atoms with E-state index >= 15 is 0 Å². The van der Waals surface area contributed by atoms with Crippen LogP contribution in [0.2, 0.25) is 0 Å². The fourth-order valence-electron chi connectivity index (χ4n) is 9.10. The summed E-state index contributed by atoms with van der Waals surface area (Å²) in [5.74, 6) is 0. The van der Waals surface area contributed by atoms with E-state index in [1.54, 1.807) is 0 Å². The summed E-state index contributed by atoms with van der Waals surface area (Å²) in [6.45, 7) is 0. The highest BCUT2D eigenvalue weighted by molar-refractivity contribution is 6.28. The maximum absolute atomic E-state index is 10.6. The highest BCUT2D eigenvalue weighted by Gasteiger charge is 2.22. The van der Waals surface area contributed by atoms with Gasteiger partial charge >= 0.3 is 0 Å². The summed E-state index contributed by atoms with van der Waals surface area (Å²) in [4.78, 5) is 0. The SMILES string of the molecule is N#Cc1cc(-n2c3ccccc3c3c4c(ccc32)oc2ccccc24)ccc1-c1ccc(-n2c3ccccc3c3c4c(ccc32)oc2ccccc24)cc1C#N. The molecule has 12 aromatic rings. The second kappa shape index (κ2) is 11.2. The number of furan rings is 2. The van der Waals surface area contributed by atoms with Gasteiger partial charge in [0.25, 0.3) is 0 Å². The van der Waals surface area contributed by atoms with Crippen LogP contribution in [0, 0.1) is 22.7 Å². The number of hydrogen-bond donors (Lipinski definition) is 0. The minimum absolute atomic E-state index is 0.485. The van der Waals surface area contributed by atoms with E-state index in [1.807, 2.05) is 97.1 Å². The van der Waals surface area contributed by atoms with Crippen molar-refractivity contribution >= 4 is 87.5 Å². The molecule has 0 bridgehead atoms. The van der Waals surface area contributed by atoms with Gasteiger partial charge in [0.05, 0.1) is 45.3 Å². The van der Waals surface area contributed by atoms with E-state index in [-0.39, 0.29) is 0 Å². The Bertz CT molecular complexity index is 3500. The first kappa shape index (κ1) is 30.4. The van der Waals surface area contributed by atoms with Crippen molar-refractivity contribution in [3.8, 4) is 34.6 Å². The number of rotatable bonds is 3. The number of nitriles is 2. The highest BCUT2D eigenvalue weighted by atomic mass is 16.3. The van der Waals surface area contributed by atoms with E-state index in [9.17, 15) is 10.5 Å². The van der Waals surface area contributed by atoms with Crippen LogP contribution in [0.1, 0.15) is 11.1 Å². The number of nitrogens with zero attached hydrogens (tertiary/aromatic N) is 4. The molecule has 0 fully saturated rings. The van der Waals surface area contributed by atoms with Crippen LogP contribution in [0.5, 0.6) is 0 Å². The topological polar surface area (TPSA) is 83.7 Å². The standard InChI is InChI=1S/C50H26N4O2/c51-27-29-25-31(53-39-13-5-1-9-35(39)47-41(53)21-23-45-49(47)37-11-3-7-15-43(37)55-45)17-19-33(29)34-20-18-32(26-30(34)28-52)54-40-14-6-2-10-36(40)48-42(54)22-24-46-50(48)38-12-4-8-16-44(38)56-46/h1-26H. The van der Waals surface area contributed by atoms with Crippen LogP contribution in [0.15, 0.2) is 167 Å². The van der Waals surface area contributed by atoms with Crippen molar-refractivity contribution in [3.63, 3.8) is 0 Å². The lowest BCUT2D eigenvalue weighted by Gasteiger charge is -2.14. The summed E-state index contributed by atoms with van der Waals surface area (Å²) in [7, 11) is 0. The van der Waals surface area contributed by atoms with Crippen LogP contribution in [-0.4, -0.2) is 9.13 Å². The van der Waals surface area contributed by atoms with E-state index in [2.05, 4.69) is 81.9 Å². The Labute approximate surface area is 318 Å². The molecule has 0 amide bonds. The predicted octanol–water partition coefficient (Wildman–Crippen LogP) is 13.1. The van der Waals surface area contributed by atoms with Crippen LogP contribution in [-0.2, 0) is 0 Å². The minimum atomic E-state index is 0.485. The number of para-hydroxylation sites is 4. The zero-order valence-electron chi connectivity index (χ0n) is 29.6. The Morgan fingerprint density at radius 1 is 0.357 bits per heavy atom. The highest BCUT2D eigenvalue weighted by Crippen LogP contribution is 2.43. The fraction of sp³-hybridized carbons (Fsp3) is 0. The maximum Gasteiger partial charge on any atom is 0.136 e. The average Bonchev–Trinajstić information content (AvgIpc) is 4.00. The van der Waals surface area contributed by atoms with Crippen LogP contribution >= 0.6 is 0 Å². The van der Waals surface area contributed by atoms with Gasteiger partial charge in [0.15, 0.2) is 0 Å². The normalized spacial score (nSPS) is 11.9. The van der Waals surface area contributed by atoms with Gasteiger partial charge in [-0.2, -0.15) is 10.5 Å². The van der Waals surface area contributed by atoms with Gasteiger partial charge in [0.1, 0.15) is 22.3 Å². The third-order valence-corrected chi connectivity index (χ3v) is 11.4. The van der Waals surface area contributed by atoms with Crippen LogP contribution in [0.3, 0.4) is 0 Å². The predicted molar refractivity (Wildman–Crippen MR) is 225 cm³/mol. The molecule has 8 aromatic carbocycles. The molecule has 0 spiro atoms. The molecule has 0 aliphatic rings. The Balaban J connectivity index is 1.03. The third-order valence-electron chi connectivity index (χ3n) is 11.4. The van der Waals surface area contributed by atoms with E-state index in [0.29, 0.717) is 22.3 Å². The molecule has 258 valence electrons. The zero-order chi connectivity index (χ0) is 37.1. The van der Waals surface area contributed by atoms with Crippen molar-refractivity contribution in [2.24, 2.45) is 0 Å². The average molecular weight is 715 g/mol. The van der Waals surface area contributed by atoms with Crippen molar-refractivity contribution in [1.29, 1.82) is 10.5 Å². The minimum Gasteiger partial charge on any atom is -0.456 e. The van der Waals surface area contributed by atoms with Gasteiger partial charge in [-0.25, -0.2) is 0 Å². The van der Waals surface area contributed by atoms with Crippen LogP contribution in [0.25, 0.3) is 110 Å². The third kappa shape index (κ3) is 4.02. The number of aromatic nitrogens is 2. The molecule has 56 heavy (non-hydrogen) atoms. The lowest BCUT2D eigenvalue weighted by atomic mass is 9.95. The molecule has 4 heterocycles. The number of fused-ring (bicyclic) bond motifs is 14. The lowest BCUT2D eigenvalue weighted by molar-refractivity contribution is 0.669. The van der Waals surface area contributed by atoms with Crippen molar-refractivity contribution in [2.75, 3.05) is 0 Å². The fourth-order valence-corrected chi connectivity index (χ4v) is 9.10. The molecule has 0 saturated heterocycles. The van der Waals surface area contributed by atoms with Gasteiger partial charge in [-0.1, -0.05) is 84.9 Å². The summed E-state index contributed by atoms with van der Waals surface area (Å²) in [6.07, 6.45) is 0. The molecule has 0 aliphatic heterocycles.